The van der Waals surface area contributed by atoms with Gasteiger partial charge in [0.05, 0.1) is 5.60 Å². The number of carboxylic acid groups (broad SMARTS) is 1. The molecule has 2 amide bonds. The van der Waals surface area contributed by atoms with E-state index in [0.29, 0.717) is 73.7 Å². The number of halogens is 1. The summed E-state index contributed by atoms with van der Waals surface area (Å²) in [6.45, 7) is 3.86. The first-order valence-electron chi connectivity index (χ1n) is 16.6. The number of hydrogen-bond acceptors (Lipinski definition) is 7. The Morgan fingerprint density at radius 2 is 1.94 bits per heavy atom. The summed E-state index contributed by atoms with van der Waals surface area (Å²) in [5, 5.41) is 42.4. The quantitative estimate of drug-likeness (QED) is 0.112. The molecule has 254 valence electrons. The van der Waals surface area contributed by atoms with Crippen LogP contribution in [0.4, 0.5) is 4.79 Å². The largest absolute Gasteiger partial charge is 0.465 e. The fraction of sp³-hybridized carbons (Fsp3) is 0.417. The van der Waals surface area contributed by atoms with E-state index in [1.165, 1.54) is 0 Å². The first-order valence-corrected chi connectivity index (χ1v) is 17.0. The van der Waals surface area contributed by atoms with Crippen molar-refractivity contribution in [1.82, 2.24) is 36.2 Å². The van der Waals surface area contributed by atoms with E-state index >= 15 is 0 Å². The number of likely N-dealkylation sites (tertiary alicyclic amines) is 1. The number of tetrazole rings is 1. The van der Waals surface area contributed by atoms with Crippen molar-refractivity contribution in [3.63, 3.8) is 0 Å². The standard InChI is InChI=1S/C36H44ClN7O4/c1-3-24-8-4-9-27(20-24)33-30(11-5-12-31(33)37)36(48,17-7-18-39-35(46)47)28-10-6-19-44(23-28)34(45)29-15-13-25(22-38-2)21-26(29)14-16-32-40-42-43-41-32/h4-5,8-9,11-13,15,20-21,28,38-39,48H,3,6-7,10,14,16-19,22-23H2,1-2H3,(H,46,47)(H,40,41,42,43)/t28-,36+/m1/s1. The number of nitrogens with one attached hydrogen (secondary N) is 3. The molecule has 2 atom stereocenters. The van der Waals surface area contributed by atoms with Crippen molar-refractivity contribution >= 4 is 23.6 Å². The minimum Gasteiger partial charge on any atom is -0.465 e. The minimum atomic E-state index is -1.39. The highest BCUT2D eigenvalue weighted by Gasteiger charge is 2.43. The van der Waals surface area contributed by atoms with Crippen molar-refractivity contribution in [1.29, 1.82) is 0 Å². The van der Waals surface area contributed by atoms with Crippen LogP contribution in [0.3, 0.4) is 0 Å². The smallest absolute Gasteiger partial charge is 0.404 e. The highest BCUT2D eigenvalue weighted by molar-refractivity contribution is 6.33. The summed E-state index contributed by atoms with van der Waals surface area (Å²) in [6, 6.07) is 19.7. The molecule has 4 aromatic rings. The molecule has 1 aromatic heterocycles. The predicted octanol–water partition coefficient (Wildman–Crippen LogP) is 5.37. The molecule has 1 aliphatic heterocycles. The van der Waals surface area contributed by atoms with Gasteiger partial charge in [-0.05, 0) is 95.9 Å². The molecule has 0 saturated carbocycles. The Hall–Kier alpha value is -4.32. The van der Waals surface area contributed by atoms with Crippen LogP contribution in [0.25, 0.3) is 11.1 Å². The Morgan fingerprint density at radius 3 is 2.69 bits per heavy atom. The maximum atomic E-state index is 14.3. The number of carbonyl (C=O) groups is 2. The molecule has 1 fully saturated rings. The molecule has 0 radical (unpaired) electrons. The summed E-state index contributed by atoms with van der Waals surface area (Å²) in [4.78, 5) is 27.4. The zero-order chi connectivity index (χ0) is 34.1. The lowest BCUT2D eigenvalue weighted by atomic mass is 9.72. The van der Waals surface area contributed by atoms with Crippen molar-refractivity contribution < 1.29 is 19.8 Å². The van der Waals surface area contributed by atoms with E-state index in [4.69, 9.17) is 11.6 Å². The molecule has 0 aliphatic carbocycles. The van der Waals surface area contributed by atoms with E-state index in [-0.39, 0.29) is 24.8 Å². The van der Waals surface area contributed by atoms with Gasteiger partial charge < -0.3 is 25.7 Å². The molecule has 2 heterocycles. The molecule has 3 aromatic carbocycles. The second kappa shape index (κ2) is 16.2. The topological polar surface area (TPSA) is 156 Å². The lowest BCUT2D eigenvalue weighted by Crippen LogP contribution is -2.48. The van der Waals surface area contributed by atoms with E-state index in [1.54, 1.807) is 0 Å². The Kier molecular flexibility index (Phi) is 11.8. The van der Waals surface area contributed by atoms with Gasteiger partial charge in [0, 0.05) is 54.7 Å². The summed E-state index contributed by atoms with van der Waals surface area (Å²) >= 11 is 6.90. The van der Waals surface area contributed by atoms with Gasteiger partial charge >= 0.3 is 6.09 Å². The van der Waals surface area contributed by atoms with Gasteiger partial charge in [-0.25, -0.2) is 9.89 Å². The maximum Gasteiger partial charge on any atom is 0.404 e. The number of rotatable bonds is 14. The molecule has 12 heteroatoms. The van der Waals surface area contributed by atoms with E-state index in [9.17, 15) is 19.8 Å². The number of aromatic nitrogens is 4. The van der Waals surface area contributed by atoms with Crippen molar-refractivity contribution in [2.75, 3.05) is 26.7 Å². The molecule has 1 aliphatic rings. The molecule has 5 rings (SSSR count). The fourth-order valence-corrected chi connectivity index (χ4v) is 7.16. The van der Waals surface area contributed by atoms with Gasteiger partial charge in [0.2, 0.25) is 0 Å². The average molecular weight is 674 g/mol. The number of nitrogens with zero attached hydrogens (tertiary/aromatic N) is 4. The molecule has 1 saturated heterocycles. The van der Waals surface area contributed by atoms with Gasteiger partial charge in [0.15, 0.2) is 0 Å². The first-order chi connectivity index (χ1) is 23.2. The molecule has 0 spiro atoms. The van der Waals surface area contributed by atoms with Gasteiger partial charge in [-0.2, -0.15) is 0 Å². The molecular formula is C36H44ClN7O4. The average Bonchev–Trinajstić information content (AvgIpc) is 3.63. The molecule has 5 N–H and O–H groups in total. The zero-order valence-corrected chi connectivity index (χ0v) is 28.3. The Labute approximate surface area is 286 Å². The van der Waals surface area contributed by atoms with Crippen LogP contribution >= 0.6 is 11.6 Å². The minimum absolute atomic E-state index is 0.0849. The van der Waals surface area contributed by atoms with E-state index in [2.05, 4.69) is 56.4 Å². The Bertz CT molecular complexity index is 1700. The van der Waals surface area contributed by atoms with Crippen LogP contribution in [0.2, 0.25) is 5.02 Å². The van der Waals surface area contributed by atoms with Crippen molar-refractivity contribution in [2.24, 2.45) is 5.92 Å². The summed E-state index contributed by atoms with van der Waals surface area (Å²) in [7, 11) is 1.89. The van der Waals surface area contributed by atoms with Crippen molar-refractivity contribution in [2.45, 2.75) is 64.0 Å². The summed E-state index contributed by atoms with van der Waals surface area (Å²) in [5.41, 5.74) is 4.73. The normalized spacial score (nSPS) is 16.0. The fourth-order valence-electron chi connectivity index (χ4n) is 6.87. The van der Waals surface area contributed by atoms with Gasteiger partial charge in [-0.3, -0.25) is 4.79 Å². The summed E-state index contributed by atoms with van der Waals surface area (Å²) < 4.78 is 0. The number of aromatic amines is 1. The number of benzene rings is 3. The second-order valence-corrected chi connectivity index (χ2v) is 12.8. The predicted molar refractivity (Wildman–Crippen MR) is 185 cm³/mol. The number of amides is 2. The number of carbonyl (C=O) groups excluding carboxylic acids is 1. The highest BCUT2D eigenvalue weighted by Crippen LogP contribution is 2.46. The second-order valence-electron chi connectivity index (χ2n) is 12.4. The Morgan fingerprint density at radius 1 is 1.10 bits per heavy atom. The molecule has 11 nitrogen and oxygen atoms in total. The van der Waals surface area contributed by atoms with Crippen LogP contribution in [-0.2, 0) is 31.4 Å². The molecular weight excluding hydrogens is 630 g/mol. The van der Waals surface area contributed by atoms with Gasteiger partial charge in [0.25, 0.3) is 5.91 Å². The maximum absolute atomic E-state index is 14.3. The number of hydrogen-bond donors (Lipinski definition) is 5. The first kappa shape index (κ1) is 35.0. The zero-order valence-electron chi connectivity index (χ0n) is 27.5. The van der Waals surface area contributed by atoms with Gasteiger partial charge in [-0.15, -0.1) is 5.10 Å². The van der Waals surface area contributed by atoms with Crippen LogP contribution in [0.1, 0.15) is 71.0 Å². The third-order valence-corrected chi connectivity index (χ3v) is 9.62. The lowest BCUT2D eigenvalue weighted by Gasteiger charge is -2.44. The van der Waals surface area contributed by atoms with E-state index in [0.717, 1.165) is 34.2 Å². The van der Waals surface area contributed by atoms with Crippen LogP contribution in [-0.4, -0.2) is 74.4 Å². The monoisotopic (exact) mass is 673 g/mol. The molecule has 0 bridgehead atoms. The van der Waals surface area contributed by atoms with E-state index in [1.807, 2.05) is 54.4 Å². The number of aliphatic hydroxyl groups is 1. The highest BCUT2D eigenvalue weighted by atomic mass is 35.5. The number of H-pyrrole nitrogens is 1. The van der Waals surface area contributed by atoms with Crippen LogP contribution in [0, 0.1) is 5.92 Å². The number of piperidine rings is 1. The Balaban J connectivity index is 1.48. The summed E-state index contributed by atoms with van der Waals surface area (Å²) in [6.07, 6.45) is 2.98. The van der Waals surface area contributed by atoms with Crippen molar-refractivity contribution in [3.8, 4) is 11.1 Å². The SMILES string of the molecule is CCc1cccc(-c2c(Cl)cccc2[C@](O)(CCCNC(=O)O)[C@@H]2CCCN(C(=O)c3ccc(CNC)cc3CCc3nnn[nH]3)C2)c1. The lowest BCUT2D eigenvalue weighted by molar-refractivity contribution is -0.0563. The molecule has 0 unspecified atom stereocenters. The van der Waals surface area contributed by atoms with Crippen LogP contribution < -0.4 is 10.6 Å². The van der Waals surface area contributed by atoms with Crippen LogP contribution in [0.5, 0.6) is 0 Å². The number of aryl methyl sites for hydroxylation is 3. The van der Waals surface area contributed by atoms with E-state index < -0.39 is 11.7 Å². The molecule has 48 heavy (non-hydrogen) atoms. The van der Waals surface area contributed by atoms with Crippen LogP contribution in [0.15, 0.2) is 60.7 Å². The van der Waals surface area contributed by atoms with Crippen molar-refractivity contribution in [3.05, 3.63) is 99.3 Å². The van der Waals surface area contributed by atoms with Gasteiger partial charge in [0.1, 0.15) is 5.82 Å². The summed E-state index contributed by atoms with van der Waals surface area (Å²) in [5.74, 6) is 0.242. The van der Waals surface area contributed by atoms with Gasteiger partial charge in [-0.1, -0.05) is 67.1 Å². The third-order valence-electron chi connectivity index (χ3n) is 9.30. The third kappa shape index (κ3) is 8.21.